The second kappa shape index (κ2) is 9.92. The monoisotopic (exact) mass is 280 g/mol. The fourth-order valence-electron chi connectivity index (χ4n) is 1.08. The number of rotatable bonds is 5. The number of ketones is 1. The van der Waals surface area contributed by atoms with Crippen molar-refractivity contribution in [3.05, 3.63) is 52.8 Å². The smallest absolute Gasteiger partial charge is 0.169 e. The van der Waals surface area contributed by atoms with Crippen LogP contribution in [0.3, 0.4) is 0 Å². The van der Waals surface area contributed by atoms with Gasteiger partial charge in [-0.25, -0.2) is 0 Å². The summed E-state index contributed by atoms with van der Waals surface area (Å²) in [4.78, 5) is 13.1. The molecule has 0 aliphatic heterocycles. The molecule has 1 nitrogen and oxygen atoms in total. The van der Waals surface area contributed by atoms with E-state index in [0.717, 1.165) is 14.0 Å². The third-order valence-corrected chi connectivity index (χ3v) is 4.09. The van der Waals surface area contributed by atoms with Gasteiger partial charge in [0.15, 0.2) is 5.78 Å². The van der Waals surface area contributed by atoms with E-state index in [-0.39, 0.29) is 5.78 Å². The second-order valence-corrected chi connectivity index (χ2v) is 5.54. The Morgan fingerprint density at radius 3 is 2.50 bits per heavy atom. The van der Waals surface area contributed by atoms with Gasteiger partial charge in [-0.2, -0.15) is 0 Å². The SMILES string of the molecule is C=C/C=C(\C=C/C)Sc1ccc(C(C)=O)s1.CC. The molecule has 0 bridgehead atoms. The van der Waals surface area contributed by atoms with E-state index in [0.29, 0.717) is 0 Å². The molecule has 98 valence electrons. The molecule has 0 spiro atoms. The molecule has 1 aromatic rings. The molecule has 0 aliphatic rings. The molecule has 0 N–H and O–H groups in total. The van der Waals surface area contributed by atoms with Crippen LogP contribution < -0.4 is 0 Å². The van der Waals surface area contributed by atoms with Crippen LogP contribution in [0.25, 0.3) is 0 Å². The van der Waals surface area contributed by atoms with Crippen molar-refractivity contribution >= 4 is 28.9 Å². The molecule has 0 saturated carbocycles. The van der Waals surface area contributed by atoms with Crippen molar-refractivity contribution in [3.8, 4) is 0 Å². The highest BCUT2D eigenvalue weighted by Gasteiger charge is 2.05. The van der Waals surface area contributed by atoms with E-state index in [1.54, 1.807) is 24.8 Å². The number of hydrogen-bond acceptors (Lipinski definition) is 3. The van der Waals surface area contributed by atoms with Crippen molar-refractivity contribution < 1.29 is 4.79 Å². The van der Waals surface area contributed by atoms with Gasteiger partial charge in [-0.3, -0.25) is 4.79 Å². The topological polar surface area (TPSA) is 17.1 Å². The number of hydrogen-bond donors (Lipinski definition) is 0. The standard InChI is InChI=1S/C13H14OS2.C2H6/c1-4-6-11(7-5-2)15-13-9-8-12(16-13)10(3)14;1-2/h4-9H,1H2,2-3H3;1-2H3/b7-5-,11-6+;. The lowest BCUT2D eigenvalue weighted by Gasteiger charge is -1.97. The van der Waals surface area contributed by atoms with E-state index in [2.05, 4.69) is 6.58 Å². The normalized spacial score (nSPS) is 11.0. The van der Waals surface area contributed by atoms with Crippen LogP contribution in [0.15, 0.2) is 52.1 Å². The largest absolute Gasteiger partial charge is 0.294 e. The first kappa shape index (κ1) is 16.9. The Hall–Kier alpha value is -1.06. The molecule has 0 aliphatic carbocycles. The quantitative estimate of drug-likeness (QED) is 0.390. The molecule has 0 saturated heterocycles. The maximum Gasteiger partial charge on any atom is 0.169 e. The van der Waals surface area contributed by atoms with Gasteiger partial charge >= 0.3 is 0 Å². The highest BCUT2D eigenvalue weighted by molar-refractivity contribution is 8.05. The molecular weight excluding hydrogens is 260 g/mol. The van der Waals surface area contributed by atoms with Crippen LogP contribution in [0, 0.1) is 0 Å². The Kier molecular flexibility index (Phi) is 9.33. The number of thioether (sulfide) groups is 1. The molecule has 0 unspecified atom stereocenters. The Bertz CT molecular complexity index is 439. The zero-order valence-corrected chi connectivity index (χ0v) is 13.0. The van der Waals surface area contributed by atoms with Gasteiger partial charge in [0.25, 0.3) is 0 Å². The summed E-state index contributed by atoms with van der Waals surface area (Å²) in [6.07, 6.45) is 7.74. The van der Waals surface area contributed by atoms with Gasteiger partial charge in [-0.05, 0) is 32.1 Å². The van der Waals surface area contributed by atoms with E-state index in [1.165, 1.54) is 11.3 Å². The summed E-state index contributed by atoms with van der Waals surface area (Å²) in [7, 11) is 0. The molecule has 1 heterocycles. The number of carbonyl (C=O) groups is 1. The lowest BCUT2D eigenvalue weighted by atomic mass is 10.4. The van der Waals surface area contributed by atoms with Crippen molar-refractivity contribution in [2.24, 2.45) is 0 Å². The van der Waals surface area contributed by atoms with Crippen LogP contribution >= 0.6 is 23.1 Å². The summed E-state index contributed by atoms with van der Waals surface area (Å²) in [6, 6.07) is 3.85. The van der Waals surface area contributed by atoms with Crippen LogP contribution in [0.1, 0.15) is 37.4 Å². The lowest BCUT2D eigenvalue weighted by molar-refractivity contribution is 0.102. The van der Waals surface area contributed by atoms with Gasteiger partial charge in [0.2, 0.25) is 0 Å². The van der Waals surface area contributed by atoms with E-state index in [4.69, 9.17) is 0 Å². The van der Waals surface area contributed by atoms with Crippen molar-refractivity contribution in [2.45, 2.75) is 31.9 Å². The first-order valence-electron chi connectivity index (χ1n) is 5.91. The minimum absolute atomic E-state index is 0.122. The molecular formula is C15H20OS2. The molecule has 18 heavy (non-hydrogen) atoms. The average molecular weight is 280 g/mol. The number of carbonyl (C=O) groups excluding carboxylic acids is 1. The molecule has 0 amide bonds. The zero-order chi connectivity index (χ0) is 14.0. The van der Waals surface area contributed by atoms with Crippen molar-refractivity contribution in [1.82, 2.24) is 0 Å². The van der Waals surface area contributed by atoms with Crippen molar-refractivity contribution in [1.29, 1.82) is 0 Å². The van der Waals surface area contributed by atoms with Gasteiger partial charge in [0.05, 0.1) is 9.09 Å². The third-order valence-electron chi connectivity index (χ3n) is 1.76. The van der Waals surface area contributed by atoms with Crippen molar-refractivity contribution in [3.63, 3.8) is 0 Å². The molecule has 0 radical (unpaired) electrons. The summed E-state index contributed by atoms with van der Waals surface area (Å²) < 4.78 is 1.12. The molecule has 0 aromatic carbocycles. The van der Waals surface area contributed by atoms with Crippen LogP contribution in [0.2, 0.25) is 0 Å². The summed E-state index contributed by atoms with van der Waals surface area (Å²) >= 11 is 3.17. The van der Waals surface area contributed by atoms with Gasteiger partial charge < -0.3 is 0 Å². The summed E-state index contributed by atoms with van der Waals surface area (Å²) in [5.74, 6) is 0.122. The maximum atomic E-state index is 11.2. The highest BCUT2D eigenvalue weighted by atomic mass is 32.2. The molecule has 1 rings (SSSR count). The predicted octanol–water partition coefficient (Wildman–Crippen LogP) is 5.72. The molecule has 0 fully saturated rings. The van der Waals surface area contributed by atoms with Gasteiger partial charge in [0, 0.05) is 4.91 Å². The summed E-state index contributed by atoms with van der Waals surface area (Å²) in [5, 5.41) is 0. The van der Waals surface area contributed by atoms with E-state index < -0.39 is 0 Å². The van der Waals surface area contributed by atoms with Crippen LogP contribution in [-0.4, -0.2) is 5.78 Å². The van der Waals surface area contributed by atoms with Crippen LogP contribution in [-0.2, 0) is 0 Å². The minimum Gasteiger partial charge on any atom is -0.294 e. The van der Waals surface area contributed by atoms with Crippen molar-refractivity contribution in [2.75, 3.05) is 0 Å². The predicted molar refractivity (Wildman–Crippen MR) is 84.6 cm³/mol. The first-order chi connectivity index (χ1) is 8.67. The lowest BCUT2D eigenvalue weighted by Crippen LogP contribution is -1.83. The van der Waals surface area contributed by atoms with E-state index in [9.17, 15) is 4.79 Å². The first-order valence-corrected chi connectivity index (χ1v) is 7.54. The third kappa shape index (κ3) is 6.03. The highest BCUT2D eigenvalue weighted by Crippen LogP contribution is 2.33. The zero-order valence-electron chi connectivity index (χ0n) is 11.4. The second-order valence-electron chi connectivity index (χ2n) is 3.08. The van der Waals surface area contributed by atoms with Crippen LogP contribution in [0.5, 0.6) is 0 Å². The van der Waals surface area contributed by atoms with Gasteiger partial charge in [-0.1, -0.05) is 50.4 Å². The molecule has 1 aromatic heterocycles. The molecule has 3 heteroatoms. The Balaban J connectivity index is 0.00000137. The maximum absolute atomic E-state index is 11.2. The van der Waals surface area contributed by atoms with E-state index in [1.807, 2.05) is 51.1 Å². The number of thiophene rings is 1. The fourth-order valence-corrected chi connectivity index (χ4v) is 3.18. The Morgan fingerprint density at radius 2 is 2.06 bits per heavy atom. The Labute approximate surface area is 118 Å². The summed E-state index contributed by atoms with van der Waals surface area (Å²) in [5.41, 5.74) is 0. The summed E-state index contributed by atoms with van der Waals surface area (Å²) in [6.45, 7) is 11.3. The van der Waals surface area contributed by atoms with Crippen LogP contribution in [0.4, 0.5) is 0 Å². The van der Waals surface area contributed by atoms with Gasteiger partial charge in [0.1, 0.15) is 0 Å². The Morgan fingerprint density at radius 1 is 1.39 bits per heavy atom. The average Bonchev–Trinajstić information content (AvgIpc) is 2.81. The minimum atomic E-state index is 0.122. The van der Waals surface area contributed by atoms with E-state index >= 15 is 0 Å². The number of allylic oxidation sites excluding steroid dienone is 4. The molecule has 0 atom stereocenters. The van der Waals surface area contributed by atoms with Gasteiger partial charge in [-0.15, -0.1) is 11.3 Å². The fraction of sp³-hybridized carbons (Fsp3) is 0.267. The number of Topliss-reactive ketones (excluding diaryl/α,β-unsaturated/α-hetero) is 1.